The predicted octanol–water partition coefficient (Wildman–Crippen LogP) is 3.72. The molecule has 2 aromatic rings. The summed E-state index contributed by atoms with van der Waals surface area (Å²) in [5, 5.41) is 0. The topological polar surface area (TPSA) is 56.8 Å². The van der Waals surface area contributed by atoms with Gasteiger partial charge in [0.15, 0.2) is 5.78 Å². The van der Waals surface area contributed by atoms with Crippen molar-refractivity contribution in [2.75, 3.05) is 50.7 Å². The number of carbonyl (C=O) groups is 2. The van der Waals surface area contributed by atoms with E-state index in [0.29, 0.717) is 18.8 Å². The standard InChI is InChI=1S/C27H36N4O2/c1-21-8-9-22(2)24(18-21)25(32)10-11-27(33)31-13-5-6-23(20-31)19-29-14-16-30(17-15-29)26-7-3-4-12-28-26/h3-4,7-9,12,18,23H,5-6,10-11,13-17,19-20H2,1-2H3. The van der Waals surface area contributed by atoms with Crippen LogP contribution in [0.5, 0.6) is 0 Å². The Morgan fingerprint density at radius 3 is 2.58 bits per heavy atom. The number of Topliss-reactive ketones (excluding diaryl/α,β-unsaturated/α-hetero) is 1. The van der Waals surface area contributed by atoms with Crippen LogP contribution >= 0.6 is 0 Å². The maximum Gasteiger partial charge on any atom is 0.223 e. The molecule has 0 aliphatic carbocycles. The molecular formula is C27H36N4O2. The molecule has 2 aliphatic rings. The molecule has 0 saturated carbocycles. The molecule has 2 aliphatic heterocycles. The molecule has 1 aromatic carbocycles. The molecule has 4 rings (SSSR count). The quantitative estimate of drug-likeness (QED) is 0.604. The van der Waals surface area contributed by atoms with Crippen molar-refractivity contribution in [2.45, 2.75) is 39.5 Å². The lowest BCUT2D eigenvalue weighted by Gasteiger charge is -2.39. The number of amides is 1. The SMILES string of the molecule is Cc1ccc(C)c(C(=O)CCC(=O)N2CCCC(CN3CCN(c4ccccn4)CC3)C2)c1. The first-order chi connectivity index (χ1) is 16.0. The number of aryl methyl sites for hydroxylation is 2. The summed E-state index contributed by atoms with van der Waals surface area (Å²) in [7, 11) is 0. The number of piperidine rings is 1. The number of aromatic nitrogens is 1. The Morgan fingerprint density at radius 1 is 1.00 bits per heavy atom. The number of likely N-dealkylation sites (tertiary alicyclic amines) is 1. The minimum Gasteiger partial charge on any atom is -0.354 e. The minimum atomic E-state index is 0.0730. The molecule has 1 atom stereocenters. The lowest BCUT2D eigenvalue weighted by atomic mass is 9.96. The molecule has 0 bridgehead atoms. The molecule has 3 heterocycles. The Bertz CT molecular complexity index is 954. The first-order valence-electron chi connectivity index (χ1n) is 12.3. The second kappa shape index (κ2) is 10.9. The molecule has 6 nitrogen and oxygen atoms in total. The molecule has 1 unspecified atom stereocenters. The lowest BCUT2D eigenvalue weighted by molar-refractivity contribution is -0.133. The highest BCUT2D eigenvalue weighted by molar-refractivity contribution is 5.99. The highest BCUT2D eigenvalue weighted by Crippen LogP contribution is 2.21. The molecule has 1 aromatic heterocycles. The van der Waals surface area contributed by atoms with Gasteiger partial charge < -0.3 is 9.80 Å². The van der Waals surface area contributed by atoms with Crippen LogP contribution < -0.4 is 4.90 Å². The zero-order valence-corrected chi connectivity index (χ0v) is 20.0. The van der Waals surface area contributed by atoms with E-state index < -0.39 is 0 Å². The number of piperazine rings is 1. The lowest BCUT2D eigenvalue weighted by Crippen LogP contribution is -2.50. The van der Waals surface area contributed by atoms with E-state index in [0.717, 1.165) is 74.7 Å². The van der Waals surface area contributed by atoms with E-state index in [1.807, 2.05) is 55.3 Å². The maximum absolute atomic E-state index is 12.9. The van der Waals surface area contributed by atoms with Gasteiger partial charge in [-0.05, 0) is 56.4 Å². The monoisotopic (exact) mass is 448 g/mol. The Labute approximate surface area is 197 Å². The van der Waals surface area contributed by atoms with Crippen LogP contribution in [-0.4, -0.2) is 72.3 Å². The van der Waals surface area contributed by atoms with Crippen molar-refractivity contribution in [1.82, 2.24) is 14.8 Å². The van der Waals surface area contributed by atoms with Gasteiger partial charge in [0.2, 0.25) is 5.91 Å². The fraction of sp³-hybridized carbons (Fsp3) is 0.519. The molecule has 1 amide bonds. The summed E-state index contributed by atoms with van der Waals surface area (Å²) in [5.74, 6) is 1.77. The highest BCUT2D eigenvalue weighted by Gasteiger charge is 2.27. The zero-order valence-electron chi connectivity index (χ0n) is 20.0. The second-order valence-electron chi connectivity index (χ2n) is 9.57. The van der Waals surface area contributed by atoms with E-state index in [-0.39, 0.29) is 11.7 Å². The van der Waals surface area contributed by atoms with Crippen molar-refractivity contribution in [3.8, 4) is 0 Å². The van der Waals surface area contributed by atoms with Crippen LogP contribution in [0.1, 0.15) is 47.2 Å². The number of rotatable bonds is 7. The summed E-state index contributed by atoms with van der Waals surface area (Å²) in [5.41, 5.74) is 2.82. The third-order valence-corrected chi connectivity index (χ3v) is 6.99. The van der Waals surface area contributed by atoms with Crippen molar-refractivity contribution >= 4 is 17.5 Å². The second-order valence-corrected chi connectivity index (χ2v) is 9.57. The average molecular weight is 449 g/mol. The smallest absolute Gasteiger partial charge is 0.223 e. The van der Waals surface area contributed by atoms with Crippen LogP contribution in [0.15, 0.2) is 42.6 Å². The van der Waals surface area contributed by atoms with Crippen LogP contribution in [-0.2, 0) is 4.79 Å². The largest absolute Gasteiger partial charge is 0.354 e. The van der Waals surface area contributed by atoms with Gasteiger partial charge in [0, 0.05) is 70.4 Å². The van der Waals surface area contributed by atoms with E-state index in [1.165, 1.54) is 6.42 Å². The van der Waals surface area contributed by atoms with Crippen LogP contribution in [0, 0.1) is 19.8 Å². The van der Waals surface area contributed by atoms with Gasteiger partial charge in [-0.1, -0.05) is 23.8 Å². The average Bonchev–Trinajstić information content (AvgIpc) is 2.85. The zero-order chi connectivity index (χ0) is 23.2. The van der Waals surface area contributed by atoms with Gasteiger partial charge >= 0.3 is 0 Å². The van der Waals surface area contributed by atoms with Gasteiger partial charge in [-0.25, -0.2) is 4.98 Å². The van der Waals surface area contributed by atoms with Crippen molar-refractivity contribution in [2.24, 2.45) is 5.92 Å². The van der Waals surface area contributed by atoms with E-state index >= 15 is 0 Å². The van der Waals surface area contributed by atoms with Gasteiger partial charge in [-0.15, -0.1) is 0 Å². The summed E-state index contributed by atoms with van der Waals surface area (Å²) < 4.78 is 0. The van der Waals surface area contributed by atoms with Crippen LogP contribution in [0.2, 0.25) is 0 Å². The van der Waals surface area contributed by atoms with Gasteiger partial charge in [0.1, 0.15) is 5.82 Å². The van der Waals surface area contributed by atoms with E-state index in [2.05, 4.69) is 20.9 Å². The molecule has 2 saturated heterocycles. The number of benzene rings is 1. The molecule has 176 valence electrons. The summed E-state index contributed by atoms with van der Waals surface area (Å²) >= 11 is 0. The third-order valence-electron chi connectivity index (χ3n) is 6.99. The summed E-state index contributed by atoms with van der Waals surface area (Å²) in [6.45, 7) is 10.7. The third kappa shape index (κ3) is 6.20. The van der Waals surface area contributed by atoms with Crippen LogP contribution in [0.3, 0.4) is 0 Å². The predicted molar refractivity (Wildman–Crippen MR) is 132 cm³/mol. The first kappa shape index (κ1) is 23.4. The van der Waals surface area contributed by atoms with E-state index in [9.17, 15) is 9.59 Å². The minimum absolute atomic E-state index is 0.0730. The summed E-state index contributed by atoms with van der Waals surface area (Å²) in [4.78, 5) is 36.9. The van der Waals surface area contributed by atoms with Gasteiger partial charge in [-0.2, -0.15) is 0 Å². The number of hydrogen-bond acceptors (Lipinski definition) is 5. The Hall–Kier alpha value is -2.73. The molecule has 0 spiro atoms. The maximum atomic E-state index is 12.9. The van der Waals surface area contributed by atoms with E-state index in [1.54, 1.807) is 0 Å². The van der Waals surface area contributed by atoms with E-state index in [4.69, 9.17) is 0 Å². The fourth-order valence-corrected chi connectivity index (χ4v) is 5.06. The van der Waals surface area contributed by atoms with Crippen LogP contribution in [0.25, 0.3) is 0 Å². The Kier molecular flexibility index (Phi) is 7.76. The summed E-state index contributed by atoms with van der Waals surface area (Å²) in [6.07, 6.45) is 4.67. The van der Waals surface area contributed by atoms with Gasteiger partial charge in [0.05, 0.1) is 0 Å². The van der Waals surface area contributed by atoms with Crippen LogP contribution in [0.4, 0.5) is 5.82 Å². The van der Waals surface area contributed by atoms with Gasteiger partial charge in [0.25, 0.3) is 0 Å². The number of pyridine rings is 1. The Balaban J connectivity index is 1.22. The molecule has 2 fully saturated rings. The number of anilines is 1. The fourth-order valence-electron chi connectivity index (χ4n) is 5.06. The molecule has 33 heavy (non-hydrogen) atoms. The van der Waals surface area contributed by atoms with Crippen molar-refractivity contribution in [3.63, 3.8) is 0 Å². The van der Waals surface area contributed by atoms with Crippen molar-refractivity contribution in [3.05, 3.63) is 59.3 Å². The molecular weight excluding hydrogens is 412 g/mol. The highest BCUT2D eigenvalue weighted by atomic mass is 16.2. The summed E-state index contributed by atoms with van der Waals surface area (Å²) in [6, 6.07) is 12.0. The number of hydrogen-bond donors (Lipinski definition) is 0. The normalized spacial score (nSPS) is 19.5. The molecule has 6 heteroatoms. The first-order valence-corrected chi connectivity index (χ1v) is 12.3. The molecule has 0 radical (unpaired) electrons. The Morgan fingerprint density at radius 2 is 1.82 bits per heavy atom. The number of ketones is 1. The molecule has 0 N–H and O–H groups in total. The number of carbonyl (C=O) groups excluding carboxylic acids is 2. The van der Waals surface area contributed by atoms with Crippen molar-refractivity contribution in [1.29, 1.82) is 0 Å². The van der Waals surface area contributed by atoms with Crippen molar-refractivity contribution < 1.29 is 9.59 Å². The number of nitrogens with zero attached hydrogens (tertiary/aromatic N) is 4. The van der Waals surface area contributed by atoms with Gasteiger partial charge in [-0.3, -0.25) is 14.5 Å².